The first-order valence-electron chi connectivity index (χ1n) is 5.75. The average Bonchev–Trinajstić information content (AvgIpc) is 2.29. The van der Waals surface area contributed by atoms with E-state index in [1.807, 2.05) is 11.8 Å². The molecule has 0 aliphatic rings. The maximum absolute atomic E-state index is 2.25. The molecule has 0 aliphatic heterocycles. The molecule has 1 rings (SSSR count). The lowest BCUT2D eigenvalue weighted by Gasteiger charge is -2.05. The van der Waals surface area contributed by atoms with Crippen molar-refractivity contribution in [2.45, 2.75) is 44.4 Å². The van der Waals surface area contributed by atoms with Crippen molar-refractivity contribution in [2.24, 2.45) is 0 Å². The van der Waals surface area contributed by atoms with E-state index in [2.05, 4.69) is 50.3 Å². The van der Waals surface area contributed by atoms with Crippen molar-refractivity contribution < 1.29 is 0 Å². The first-order valence-corrected chi connectivity index (χ1v) is 6.56. The Hall–Kier alpha value is -0.690. The molecule has 0 fully saturated rings. The van der Waals surface area contributed by atoms with Gasteiger partial charge in [0.05, 0.1) is 0 Å². The number of allylic oxidation sites excluding steroid dienone is 2. The van der Waals surface area contributed by atoms with Crippen molar-refractivity contribution in [1.82, 2.24) is 0 Å². The van der Waals surface area contributed by atoms with Gasteiger partial charge in [-0.05, 0) is 36.8 Å². The van der Waals surface area contributed by atoms with E-state index in [4.69, 9.17) is 0 Å². The van der Waals surface area contributed by atoms with E-state index in [-0.39, 0.29) is 0 Å². The Morgan fingerprint density at radius 3 is 2.53 bits per heavy atom. The van der Waals surface area contributed by atoms with Crippen LogP contribution in [0, 0.1) is 0 Å². The number of benzene rings is 1. The summed E-state index contributed by atoms with van der Waals surface area (Å²) in [5.74, 6) is 0. The minimum atomic E-state index is 1.23. The van der Waals surface area contributed by atoms with Crippen molar-refractivity contribution in [3.8, 4) is 0 Å². The smallest absolute Gasteiger partial charge is 0.0118 e. The number of thioether (sulfide) groups is 1. The zero-order chi connectivity index (χ0) is 10.9. The molecule has 0 radical (unpaired) electrons. The van der Waals surface area contributed by atoms with Gasteiger partial charge in [-0.1, -0.05) is 55.8 Å². The van der Waals surface area contributed by atoms with Crippen LogP contribution in [-0.2, 0) is 0 Å². The summed E-state index contributed by atoms with van der Waals surface area (Å²) in [4.78, 5) is 2.84. The topological polar surface area (TPSA) is 0 Å². The SMILES string of the molecule is C/C=C(\CCCCC)Sc1ccccc1. The van der Waals surface area contributed by atoms with Crippen LogP contribution in [0.15, 0.2) is 46.2 Å². The summed E-state index contributed by atoms with van der Waals surface area (Å²) in [5, 5.41) is 0. The standard InChI is InChI=1S/C14H20S/c1-3-5-7-10-13(4-2)15-14-11-8-6-9-12-14/h4,6,8-9,11-12H,3,5,7,10H2,1-2H3/b13-4+. The minimum absolute atomic E-state index is 1.23. The fraction of sp³-hybridized carbons (Fsp3) is 0.429. The average molecular weight is 220 g/mol. The molecule has 82 valence electrons. The predicted molar refractivity (Wildman–Crippen MR) is 70.2 cm³/mol. The van der Waals surface area contributed by atoms with Gasteiger partial charge >= 0.3 is 0 Å². The molecule has 0 aliphatic carbocycles. The van der Waals surface area contributed by atoms with Crippen molar-refractivity contribution in [3.05, 3.63) is 41.3 Å². The van der Waals surface area contributed by atoms with Gasteiger partial charge < -0.3 is 0 Å². The second kappa shape index (κ2) is 7.58. The quantitative estimate of drug-likeness (QED) is 0.465. The Labute approximate surface area is 97.8 Å². The summed E-state index contributed by atoms with van der Waals surface area (Å²) in [6.07, 6.45) is 7.42. The Morgan fingerprint density at radius 2 is 1.93 bits per heavy atom. The molecule has 0 heterocycles. The number of hydrogen-bond donors (Lipinski definition) is 0. The van der Waals surface area contributed by atoms with Crippen LogP contribution in [0.1, 0.15) is 39.5 Å². The van der Waals surface area contributed by atoms with Gasteiger partial charge in [0.2, 0.25) is 0 Å². The molecular formula is C14H20S. The zero-order valence-electron chi connectivity index (χ0n) is 9.70. The molecule has 0 N–H and O–H groups in total. The molecule has 0 saturated carbocycles. The summed E-state index contributed by atoms with van der Waals surface area (Å²) in [7, 11) is 0. The van der Waals surface area contributed by atoms with E-state index >= 15 is 0 Å². The van der Waals surface area contributed by atoms with Gasteiger partial charge in [0.15, 0.2) is 0 Å². The van der Waals surface area contributed by atoms with Gasteiger partial charge in [0.1, 0.15) is 0 Å². The van der Waals surface area contributed by atoms with E-state index in [0.29, 0.717) is 0 Å². The third-order valence-electron chi connectivity index (χ3n) is 2.34. The van der Waals surface area contributed by atoms with Gasteiger partial charge in [0.25, 0.3) is 0 Å². The van der Waals surface area contributed by atoms with Crippen molar-refractivity contribution in [2.75, 3.05) is 0 Å². The van der Waals surface area contributed by atoms with E-state index in [9.17, 15) is 0 Å². The maximum atomic E-state index is 2.25. The molecule has 0 spiro atoms. The molecule has 0 amide bonds. The Balaban J connectivity index is 2.41. The summed E-state index contributed by atoms with van der Waals surface area (Å²) < 4.78 is 0. The number of rotatable bonds is 6. The normalized spacial score (nSPS) is 11.7. The zero-order valence-corrected chi connectivity index (χ0v) is 10.5. The summed E-state index contributed by atoms with van der Waals surface area (Å²) >= 11 is 1.90. The maximum Gasteiger partial charge on any atom is 0.0118 e. The van der Waals surface area contributed by atoms with Gasteiger partial charge in [-0.3, -0.25) is 0 Å². The molecule has 0 unspecified atom stereocenters. The number of hydrogen-bond acceptors (Lipinski definition) is 1. The van der Waals surface area contributed by atoms with E-state index in [1.54, 1.807) is 0 Å². The van der Waals surface area contributed by atoms with E-state index in [1.165, 1.54) is 35.5 Å². The summed E-state index contributed by atoms with van der Waals surface area (Å²) in [6, 6.07) is 10.6. The second-order valence-corrected chi connectivity index (χ2v) is 4.83. The Morgan fingerprint density at radius 1 is 1.20 bits per heavy atom. The lowest BCUT2D eigenvalue weighted by molar-refractivity contribution is 0.725. The number of unbranched alkanes of at least 4 members (excludes halogenated alkanes) is 2. The van der Waals surface area contributed by atoms with Gasteiger partial charge in [-0.2, -0.15) is 0 Å². The van der Waals surface area contributed by atoms with Crippen LogP contribution < -0.4 is 0 Å². The highest BCUT2D eigenvalue weighted by atomic mass is 32.2. The predicted octanol–water partition coefficient (Wildman–Crippen LogP) is 5.26. The second-order valence-electron chi connectivity index (χ2n) is 3.63. The first kappa shape index (κ1) is 12.4. The summed E-state index contributed by atoms with van der Waals surface area (Å²) in [5.41, 5.74) is 0. The highest BCUT2D eigenvalue weighted by Gasteiger charge is 1.99. The van der Waals surface area contributed by atoms with Crippen LogP contribution in [0.25, 0.3) is 0 Å². The van der Waals surface area contributed by atoms with Crippen LogP contribution in [0.2, 0.25) is 0 Å². The van der Waals surface area contributed by atoms with Crippen LogP contribution >= 0.6 is 11.8 Å². The third kappa shape index (κ3) is 5.08. The first-order chi connectivity index (χ1) is 7.36. The van der Waals surface area contributed by atoms with Gasteiger partial charge in [0, 0.05) is 4.90 Å². The monoisotopic (exact) mass is 220 g/mol. The van der Waals surface area contributed by atoms with Crippen molar-refractivity contribution >= 4 is 11.8 Å². The molecule has 1 aromatic carbocycles. The van der Waals surface area contributed by atoms with Crippen molar-refractivity contribution in [1.29, 1.82) is 0 Å². The summed E-state index contributed by atoms with van der Waals surface area (Å²) in [6.45, 7) is 4.39. The Kier molecular flexibility index (Phi) is 6.26. The van der Waals surface area contributed by atoms with Crippen LogP contribution in [-0.4, -0.2) is 0 Å². The molecule has 1 heteroatoms. The fourth-order valence-electron chi connectivity index (χ4n) is 1.44. The minimum Gasteiger partial charge on any atom is -0.0949 e. The molecule has 0 saturated heterocycles. The molecular weight excluding hydrogens is 200 g/mol. The lowest BCUT2D eigenvalue weighted by atomic mass is 10.2. The largest absolute Gasteiger partial charge is 0.0949 e. The molecule has 1 aromatic rings. The van der Waals surface area contributed by atoms with E-state index < -0.39 is 0 Å². The molecule has 0 atom stereocenters. The molecule has 0 nitrogen and oxygen atoms in total. The Bertz CT molecular complexity index is 287. The molecule has 0 bridgehead atoms. The highest BCUT2D eigenvalue weighted by Crippen LogP contribution is 2.29. The molecule has 0 aromatic heterocycles. The third-order valence-corrected chi connectivity index (χ3v) is 3.55. The highest BCUT2D eigenvalue weighted by molar-refractivity contribution is 8.03. The van der Waals surface area contributed by atoms with E-state index in [0.717, 1.165) is 0 Å². The lowest BCUT2D eigenvalue weighted by Crippen LogP contribution is -1.80. The fourth-order valence-corrected chi connectivity index (χ4v) is 2.40. The van der Waals surface area contributed by atoms with Gasteiger partial charge in [-0.15, -0.1) is 0 Å². The van der Waals surface area contributed by atoms with Crippen molar-refractivity contribution in [3.63, 3.8) is 0 Å². The van der Waals surface area contributed by atoms with Crippen LogP contribution in [0.3, 0.4) is 0 Å². The van der Waals surface area contributed by atoms with Crippen LogP contribution in [0.4, 0.5) is 0 Å². The molecule has 15 heavy (non-hydrogen) atoms. The van der Waals surface area contributed by atoms with Gasteiger partial charge in [-0.25, -0.2) is 0 Å². The van der Waals surface area contributed by atoms with Crippen LogP contribution in [0.5, 0.6) is 0 Å².